The maximum Gasteiger partial charge on any atom is 0.340 e. The second-order valence-corrected chi connectivity index (χ2v) is 8.59. The van der Waals surface area contributed by atoms with Crippen LogP contribution in [-0.2, 0) is 23.2 Å². The Hall–Kier alpha value is -3.43. The summed E-state index contributed by atoms with van der Waals surface area (Å²) in [6, 6.07) is 16.6. The number of carbonyl (C=O) groups is 2. The first-order valence-electron chi connectivity index (χ1n) is 9.76. The first-order valence-corrected chi connectivity index (χ1v) is 11.6. The van der Waals surface area contributed by atoms with Crippen LogP contribution in [0.1, 0.15) is 16.1 Å². The average Bonchev–Trinajstić information content (AvgIpc) is 3.46. The fourth-order valence-corrected chi connectivity index (χ4v) is 4.42. The zero-order chi connectivity index (χ0) is 22.3. The number of anilines is 1. The first kappa shape index (κ1) is 21.8. The fraction of sp³-hybridized carbons (Fsp3) is 0.130. The van der Waals surface area contributed by atoms with Gasteiger partial charge in [-0.05, 0) is 12.1 Å². The van der Waals surface area contributed by atoms with E-state index in [1.165, 1.54) is 23.1 Å². The molecule has 162 valence electrons. The van der Waals surface area contributed by atoms with Crippen LogP contribution in [0.2, 0.25) is 0 Å². The van der Waals surface area contributed by atoms with Crippen molar-refractivity contribution in [2.45, 2.75) is 11.8 Å². The number of ether oxygens (including phenoxy) is 1. The second-order valence-electron chi connectivity index (χ2n) is 6.79. The number of aryl methyl sites for hydroxylation is 1. The molecule has 0 aliphatic carbocycles. The molecule has 0 radical (unpaired) electrons. The average molecular weight is 465 g/mol. The summed E-state index contributed by atoms with van der Waals surface area (Å²) in [6.07, 6.45) is 3.49. The minimum Gasteiger partial charge on any atom is -0.455 e. The summed E-state index contributed by atoms with van der Waals surface area (Å²) in [5, 5.41) is 6.27. The highest BCUT2D eigenvalue weighted by molar-refractivity contribution is 7.99. The van der Waals surface area contributed by atoms with E-state index >= 15 is 0 Å². The lowest BCUT2D eigenvalue weighted by atomic mass is 10.2. The Morgan fingerprint density at radius 2 is 1.91 bits per heavy atom. The minimum atomic E-state index is -0.521. The Balaban J connectivity index is 1.35. The molecular formula is C23H20N4O3S2. The molecule has 0 aliphatic heterocycles. The van der Waals surface area contributed by atoms with Crippen LogP contribution in [0.15, 0.2) is 77.5 Å². The van der Waals surface area contributed by atoms with Crippen molar-refractivity contribution < 1.29 is 14.3 Å². The molecule has 1 amide bonds. The number of benzene rings is 2. The highest BCUT2D eigenvalue weighted by atomic mass is 32.2. The fourth-order valence-electron chi connectivity index (χ4n) is 2.88. The van der Waals surface area contributed by atoms with Crippen molar-refractivity contribution in [3.63, 3.8) is 0 Å². The van der Waals surface area contributed by atoms with E-state index < -0.39 is 5.97 Å². The van der Waals surface area contributed by atoms with Crippen LogP contribution < -0.4 is 5.32 Å². The number of hydrogen-bond donors (Lipinski definition) is 1. The Kier molecular flexibility index (Phi) is 6.98. The third kappa shape index (κ3) is 5.43. The van der Waals surface area contributed by atoms with Gasteiger partial charge in [0.25, 0.3) is 0 Å². The standard InChI is InChI=1S/C23H20N4O3S2/c1-27-12-11-24-23(27)32-15-20(28)26-19-10-6-5-9-18(19)22(29)30-13-17-14-31-21(25-17)16-7-3-2-4-8-16/h2-12,14H,13,15H2,1H3,(H,26,28). The van der Waals surface area contributed by atoms with Crippen LogP contribution in [0, 0.1) is 0 Å². The Labute approximate surface area is 193 Å². The van der Waals surface area contributed by atoms with Crippen LogP contribution in [0.3, 0.4) is 0 Å². The molecule has 0 saturated carbocycles. The molecule has 4 rings (SSSR count). The van der Waals surface area contributed by atoms with Gasteiger partial charge < -0.3 is 14.6 Å². The molecule has 0 aliphatic rings. The van der Waals surface area contributed by atoms with Crippen molar-refractivity contribution in [3.8, 4) is 10.6 Å². The summed E-state index contributed by atoms with van der Waals surface area (Å²) in [4.78, 5) is 33.8. The molecule has 0 bridgehead atoms. The second kappa shape index (κ2) is 10.3. The van der Waals surface area contributed by atoms with Gasteiger partial charge in [-0.2, -0.15) is 0 Å². The highest BCUT2D eigenvalue weighted by Gasteiger charge is 2.16. The van der Waals surface area contributed by atoms with E-state index in [0.29, 0.717) is 16.9 Å². The SMILES string of the molecule is Cn1ccnc1SCC(=O)Nc1ccccc1C(=O)OCc1csc(-c2ccccc2)n1. The molecule has 0 fully saturated rings. The number of imidazole rings is 1. The number of thiazole rings is 1. The molecule has 0 spiro atoms. The van der Waals surface area contributed by atoms with Gasteiger partial charge >= 0.3 is 5.97 Å². The minimum absolute atomic E-state index is 0.0550. The van der Waals surface area contributed by atoms with Gasteiger partial charge in [0.15, 0.2) is 5.16 Å². The normalized spacial score (nSPS) is 10.7. The van der Waals surface area contributed by atoms with Crippen LogP contribution in [0.25, 0.3) is 10.6 Å². The summed E-state index contributed by atoms with van der Waals surface area (Å²) in [6.45, 7) is 0.0550. The van der Waals surface area contributed by atoms with Gasteiger partial charge in [-0.1, -0.05) is 54.2 Å². The monoisotopic (exact) mass is 464 g/mol. The van der Waals surface area contributed by atoms with E-state index in [-0.39, 0.29) is 18.3 Å². The zero-order valence-electron chi connectivity index (χ0n) is 17.2. The Bertz CT molecular complexity index is 1220. The number of para-hydroxylation sites is 1. The molecule has 1 N–H and O–H groups in total. The maximum absolute atomic E-state index is 12.7. The Morgan fingerprint density at radius 1 is 1.12 bits per heavy atom. The Morgan fingerprint density at radius 3 is 2.69 bits per heavy atom. The predicted octanol–water partition coefficient (Wildman–Crippen LogP) is 4.63. The van der Waals surface area contributed by atoms with E-state index in [1.807, 2.05) is 53.5 Å². The van der Waals surface area contributed by atoms with Crippen molar-refractivity contribution >= 4 is 40.7 Å². The highest BCUT2D eigenvalue weighted by Crippen LogP contribution is 2.24. The lowest BCUT2D eigenvalue weighted by Crippen LogP contribution is -2.17. The number of amides is 1. The number of rotatable bonds is 8. The molecule has 0 atom stereocenters. The van der Waals surface area contributed by atoms with E-state index in [0.717, 1.165) is 15.7 Å². The van der Waals surface area contributed by atoms with Crippen molar-refractivity contribution in [2.24, 2.45) is 7.05 Å². The third-order valence-electron chi connectivity index (χ3n) is 4.45. The summed E-state index contributed by atoms with van der Waals surface area (Å²) in [5.74, 6) is -0.577. The van der Waals surface area contributed by atoms with Gasteiger partial charge in [-0.3, -0.25) is 4.79 Å². The van der Waals surface area contributed by atoms with Gasteiger partial charge in [-0.15, -0.1) is 11.3 Å². The molecule has 7 nitrogen and oxygen atoms in total. The van der Waals surface area contributed by atoms with E-state index in [4.69, 9.17) is 4.74 Å². The number of aromatic nitrogens is 3. The van der Waals surface area contributed by atoms with E-state index in [1.54, 1.807) is 30.5 Å². The lowest BCUT2D eigenvalue weighted by Gasteiger charge is -2.10. The molecule has 9 heteroatoms. The molecule has 2 aromatic carbocycles. The van der Waals surface area contributed by atoms with Crippen LogP contribution in [0.5, 0.6) is 0 Å². The molecule has 4 aromatic rings. The molecule has 0 unspecified atom stereocenters. The number of nitrogens with zero attached hydrogens (tertiary/aromatic N) is 3. The van der Waals surface area contributed by atoms with Gasteiger partial charge in [0.2, 0.25) is 5.91 Å². The smallest absolute Gasteiger partial charge is 0.340 e. The van der Waals surface area contributed by atoms with Gasteiger partial charge in [-0.25, -0.2) is 14.8 Å². The topological polar surface area (TPSA) is 86.1 Å². The number of thioether (sulfide) groups is 1. The largest absolute Gasteiger partial charge is 0.455 e. The number of esters is 1. The summed E-state index contributed by atoms with van der Waals surface area (Å²) in [7, 11) is 1.86. The summed E-state index contributed by atoms with van der Waals surface area (Å²) in [5.41, 5.74) is 2.40. The quantitative estimate of drug-likeness (QED) is 0.302. The van der Waals surface area contributed by atoms with Crippen molar-refractivity contribution in [3.05, 3.63) is 83.6 Å². The molecule has 0 saturated heterocycles. The predicted molar refractivity (Wildman–Crippen MR) is 126 cm³/mol. The number of hydrogen-bond acceptors (Lipinski definition) is 7. The zero-order valence-corrected chi connectivity index (χ0v) is 18.9. The molecular weight excluding hydrogens is 444 g/mol. The number of nitrogens with one attached hydrogen (secondary N) is 1. The maximum atomic E-state index is 12.7. The van der Waals surface area contributed by atoms with Crippen LogP contribution >= 0.6 is 23.1 Å². The van der Waals surface area contributed by atoms with E-state index in [9.17, 15) is 9.59 Å². The van der Waals surface area contributed by atoms with Crippen LogP contribution in [0.4, 0.5) is 5.69 Å². The van der Waals surface area contributed by atoms with Crippen molar-refractivity contribution in [1.29, 1.82) is 0 Å². The summed E-state index contributed by atoms with van der Waals surface area (Å²) >= 11 is 2.82. The third-order valence-corrected chi connectivity index (χ3v) is 6.45. The van der Waals surface area contributed by atoms with E-state index in [2.05, 4.69) is 15.3 Å². The molecule has 2 aromatic heterocycles. The first-order chi connectivity index (χ1) is 15.6. The van der Waals surface area contributed by atoms with Gasteiger partial charge in [0.1, 0.15) is 11.6 Å². The van der Waals surface area contributed by atoms with Gasteiger partial charge in [0, 0.05) is 30.4 Å². The van der Waals surface area contributed by atoms with Crippen molar-refractivity contribution in [1.82, 2.24) is 14.5 Å². The van der Waals surface area contributed by atoms with Crippen molar-refractivity contribution in [2.75, 3.05) is 11.1 Å². The summed E-state index contributed by atoms with van der Waals surface area (Å²) < 4.78 is 7.29. The molecule has 32 heavy (non-hydrogen) atoms. The molecule has 2 heterocycles. The van der Waals surface area contributed by atoms with Gasteiger partial charge in [0.05, 0.1) is 22.7 Å². The lowest BCUT2D eigenvalue weighted by molar-refractivity contribution is -0.113. The van der Waals surface area contributed by atoms with Crippen LogP contribution in [-0.4, -0.2) is 32.2 Å². The number of carbonyl (C=O) groups excluding carboxylic acids is 2.